The van der Waals surface area contributed by atoms with E-state index in [1.807, 2.05) is 4.90 Å². The van der Waals surface area contributed by atoms with Crippen LogP contribution in [0.2, 0.25) is 0 Å². The van der Waals surface area contributed by atoms with Crippen molar-refractivity contribution in [3.05, 3.63) is 44.9 Å². The number of hydrogen-bond donors (Lipinski definition) is 0. The van der Waals surface area contributed by atoms with Gasteiger partial charge in [0.25, 0.3) is 0 Å². The van der Waals surface area contributed by atoms with Gasteiger partial charge in [-0.1, -0.05) is 13.0 Å². The minimum atomic E-state index is -0.626. The minimum Gasteiger partial charge on any atom is -0.350 e. The molecule has 3 heterocycles. The first kappa shape index (κ1) is 13.5. The standard InChI is InChI=1S/C14H16N4O3/c1-10-5-4-7-16(9-10)13-12(18(20)21)14(19)17-8-3-2-6-11(17)15-13/h2-3,6,8,10H,4-5,7,9H2,1H3. The van der Waals surface area contributed by atoms with Crippen molar-refractivity contribution in [3.8, 4) is 0 Å². The highest BCUT2D eigenvalue weighted by Crippen LogP contribution is 2.27. The molecule has 0 radical (unpaired) electrons. The lowest BCUT2D eigenvalue weighted by molar-refractivity contribution is -0.385. The molecule has 7 heteroatoms. The van der Waals surface area contributed by atoms with Gasteiger partial charge < -0.3 is 4.90 Å². The third kappa shape index (κ3) is 2.35. The van der Waals surface area contributed by atoms with Gasteiger partial charge in [-0.05, 0) is 30.9 Å². The second-order valence-electron chi connectivity index (χ2n) is 5.47. The molecule has 1 saturated heterocycles. The molecule has 1 atom stereocenters. The summed E-state index contributed by atoms with van der Waals surface area (Å²) in [5.74, 6) is 0.636. The van der Waals surface area contributed by atoms with Crippen LogP contribution in [0, 0.1) is 16.0 Å². The number of nitro groups is 1. The van der Waals surface area contributed by atoms with E-state index < -0.39 is 16.2 Å². The molecule has 0 amide bonds. The molecule has 1 aliphatic heterocycles. The fourth-order valence-electron chi connectivity index (χ4n) is 2.83. The van der Waals surface area contributed by atoms with E-state index in [1.54, 1.807) is 18.2 Å². The predicted octanol–water partition coefficient (Wildman–Crippen LogP) is 1.84. The lowest BCUT2D eigenvalue weighted by atomic mass is 10.0. The van der Waals surface area contributed by atoms with E-state index in [1.165, 1.54) is 10.6 Å². The molecule has 1 aliphatic rings. The molecule has 21 heavy (non-hydrogen) atoms. The topological polar surface area (TPSA) is 80.8 Å². The molecule has 2 aromatic heterocycles. The summed E-state index contributed by atoms with van der Waals surface area (Å²) < 4.78 is 1.22. The van der Waals surface area contributed by atoms with Crippen molar-refractivity contribution in [2.75, 3.05) is 18.0 Å². The zero-order valence-corrected chi connectivity index (χ0v) is 11.7. The summed E-state index contributed by atoms with van der Waals surface area (Å²) in [6.45, 7) is 3.49. The van der Waals surface area contributed by atoms with Crippen molar-refractivity contribution >= 4 is 17.2 Å². The van der Waals surface area contributed by atoms with Crippen LogP contribution >= 0.6 is 0 Å². The van der Waals surface area contributed by atoms with E-state index in [0.717, 1.165) is 12.8 Å². The molecule has 1 unspecified atom stereocenters. The zero-order valence-electron chi connectivity index (χ0n) is 11.7. The lowest BCUT2D eigenvalue weighted by Crippen LogP contribution is -2.37. The van der Waals surface area contributed by atoms with Crippen LogP contribution in [0.4, 0.5) is 11.5 Å². The smallest absolute Gasteiger partial charge is 0.350 e. The summed E-state index contributed by atoms with van der Waals surface area (Å²) in [6.07, 6.45) is 3.55. The first-order valence-corrected chi connectivity index (χ1v) is 6.98. The average molecular weight is 288 g/mol. The number of piperidine rings is 1. The molecule has 0 bridgehead atoms. The summed E-state index contributed by atoms with van der Waals surface area (Å²) in [4.78, 5) is 29.3. The van der Waals surface area contributed by atoms with E-state index in [-0.39, 0.29) is 5.82 Å². The van der Waals surface area contributed by atoms with Gasteiger partial charge >= 0.3 is 11.2 Å². The van der Waals surface area contributed by atoms with Crippen LogP contribution < -0.4 is 10.5 Å². The molecule has 3 rings (SSSR count). The highest BCUT2D eigenvalue weighted by molar-refractivity contribution is 5.61. The van der Waals surface area contributed by atoms with Crippen molar-refractivity contribution < 1.29 is 4.92 Å². The summed E-state index contributed by atoms with van der Waals surface area (Å²) in [6, 6.07) is 5.10. The Labute approximate surface area is 121 Å². The van der Waals surface area contributed by atoms with Crippen molar-refractivity contribution in [1.82, 2.24) is 9.38 Å². The van der Waals surface area contributed by atoms with Crippen LogP contribution in [0.5, 0.6) is 0 Å². The molecule has 0 saturated carbocycles. The van der Waals surface area contributed by atoms with Crippen LogP contribution in [0.25, 0.3) is 5.65 Å². The lowest BCUT2D eigenvalue weighted by Gasteiger charge is -2.31. The van der Waals surface area contributed by atoms with Gasteiger partial charge in [-0.3, -0.25) is 19.3 Å². The largest absolute Gasteiger partial charge is 0.376 e. The van der Waals surface area contributed by atoms with Gasteiger partial charge in [-0.2, -0.15) is 0 Å². The molecule has 7 nitrogen and oxygen atoms in total. The summed E-state index contributed by atoms with van der Waals surface area (Å²) >= 11 is 0. The van der Waals surface area contributed by atoms with Crippen molar-refractivity contribution in [3.63, 3.8) is 0 Å². The molecule has 110 valence electrons. The van der Waals surface area contributed by atoms with Crippen LogP contribution in [-0.4, -0.2) is 27.4 Å². The highest BCUT2D eigenvalue weighted by Gasteiger charge is 2.29. The molecule has 1 fully saturated rings. The van der Waals surface area contributed by atoms with Gasteiger partial charge in [-0.25, -0.2) is 4.98 Å². The number of anilines is 1. The number of hydrogen-bond acceptors (Lipinski definition) is 5. The normalized spacial score (nSPS) is 18.9. The van der Waals surface area contributed by atoms with Gasteiger partial charge in [0.2, 0.25) is 5.82 Å². The Hall–Kier alpha value is -2.44. The molecule has 2 aromatic rings. The second kappa shape index (κ2) is 5.16. The monoisotopic (exact) mass is 288 g/mol. The van der Waals surface area contributed by atoms with Gasteiger partial charge in [0.15, 0.2) is 0 Å². The Morgan fingerprint density at radius 3 is 2.95 bits per heavy atom. The maximum atomic E-state index is 12.4. The first-order valence-electron chi connectivity index (χ1n) is 6.98. The van der Waals surface area contributed by atoms with Crippen LogP contribution in [0.3, 0.4) is 0 Å². The Balaban J connectivity index is 2.23. The number of aromatic nitrogens is 2. The Morgan fingerprint density at radius 2 is 2.24 bits per heavy atom. The fraction of sp³-hybridized carbons (Fsp3) is 0.429. The predicted molar refractivity (Wildman–Crippen MR) is 78.7 cm³/mol. The van der Waals surface area contributed by atoms with Crippen molar-refractivity contribution in [2.45, 2.75) is 19.8 Å². The summed E-state index contributed by atoms with van der Waals surface area (Å²) in [5.41, 5.74) is -0.632. The molecule has 0 spiro atoms. The maximum Gasteiger partial charge on any atom is 0.376 e. The Bertz CT molecular complexity index is 755. The van der Waals surface area contributed by atoms with Crippen LogP contribution in [0.1, 0.15) is 19.8 Å². The Morgan fingerprint density at radius 1 is 1.43 bits per heavy atom. The third-order valence-corrected chi connectivity index (χ3v) is 3.83. The van der Waals surface area contributed by atoms with Gasteiger partial charge in [0.05, 0.1) is 4.92 Å². The number of rotatable bonds is 2. The Kier molecular flexibility index (Phi) is 3.32. The van der Waals surface area contributed by atoms with Gasteiger partial charge in [-0.15, -0.1) is 0 Å². The SMILES string of the molecule is CC1CCCN(c2nc3ccccn3c(=O)c2[N+](=O)[O-])C1. The van der Waals surface area contributed by atoms with E-state index in [2.05, 4.69) is 11.9 Å². The van der Waals surface area contributed by atoms with E-state index in [4.69, 9.17) is 0 Å². The maximum absolute atomic E-state index is 12.4. The van der Waals surface area contributed by atoms with Gasteiger partial charge in [0, 0.05) is 19.3 Å². The number of pyridine rings is 1. The quantitative estimate of drug-likeness (QED) is 0.622. The number of fused-ring (bicyclic) bond motifs is 1. The molecule has 0 aliphatic carbocycles. The average Bonchev–Trinajstić information content (AvgIpc) is 2.46. The molecule has 0 N–H and O–H groups in total. The van der Waals surface area contributed by atoms with Crippen LogP contribution in [0.15, 0.2) is 29.2 Å². The minimum absolute atomic E-state index is 0.197. The fourth-order valence-corrected chi connectivity index (χ4v) is 2.83. The third-order valence-electron chi connectivity index (χ3n) is 3.83. The highest BCUT2D eigenvalue weighted by atomic mass is 16.6. The van der Waals surface area contributed by atoms with Crippen molar-refractivity contribution in [1.29, 1.82) is 0 Å². The van der Waals surface area contributed by atoms with E-state index >= 15 is 0 Å². The summed E-state index contributed by atoms with van der Waals surface area (Å²) in [5, 5.41) is 11.3. The van der Waals surface area contributed by atoms with E-state index in [9.17, 15) is 14.9 Å². The summed E-state index contributed by atoms with van der Waals surface area (Å²) in [7, 11) is 0. The van der Waals surface area contributed by atoms with Crippen LogP contribution in [-0.2, 0) is 0 Å². The molecular formula is C14H16N4O3. The van der Waals surface area contributed by atoms with Gasteiger partial charge in [0.1, 0.15) is 5.65 Å². The molecular weight excluding hydrogens is 272 g/mol. The van der Waals surface area contributed by atoms with E-state index in [0.29, 0.717) is 24.7 Å². The second-order valence-corrected chi connectivity index (χ2v) is 5.47. The first-order chi connectivity index (χ1) is 10.1. The molecule has 0 aromatic carbocycles. The zero-order chi connectivity index (χ0) is 15.0. The number of nitrogens with zero attached hydrogens (tertiary/aromatic N) is 4. The van der Waals surface area contributed by atoms with Crippen molar-refractivity contribution in [2.24, 2.45) is 5.92 Å².